The van der Waals surface area contributed by atoms with Crippen molar-refractivity contribution in [2.75, 3.05) is 4.90 Å². The van der Waals surface area contributed by atoms with Crippen molar-refractivity contribution in [3.63, 3.8) is 0 Å². The van der Waals surface area contributed by atoms with Gasteiger partial charge in [0.2, 0.25) is 0 Å². The maximum atomic E-state index is 12.9. The summed E-state index contributed by atoms with van der Waals surface area (Å²) in [5, 5.41) is 12.5. The number of aromatic hydroxyl groups is 1. The van der Waals surface area contributed by atoms with Crippen LogP contribution in [0.2, 0.25) is 15.1 Å². The molecule has 0 atom stereocenters. The van der Waals surface area contributed by atoms with Crippen molar-refractivity contribution in [3.8, 4) is 5.75 Å². The normalized spacial score (nSPS) is 16.2. The van der Waals surface area contributed by atoms with E-state index in [1.807, 2.05) is 0 Å². The summed E-state index contributed by atoms with van der Waals surface area (Å²) >= 11 is 22.9. The number of nitrogens with one attached hydrogen (secondary N) is 1. The van der Waals surface area contributed by atoms with Crippen molar-refractivity contribution >= 4 is 75.7 Å². The lowest BCUT2D eigenvalue weighted by Gasteiger charge is -2.29. The second kappa shape index (κ2) is 7.25. The van der Waals surface area contributed by atoms with Gasteiger partial charge >= 0.3 is 0 Å². The Morgan fingerprint density at radius 1 is 1.00 bits per heavy atom. The number of thiocarbonyl (C=S) groups is 1. The van der Waals surface area contributed by atoms with Crippen molar-refractivity contribution in [1.29, 1.82) is 0 Å². The van der Waals surface area contributed by atoms with Gasteiger partial charge in [0.25, 0.3) is 11.8 Å². The molecule has 0 saturated carbocycles. The molecule has 0 unspecified atom stereocenters. The topological polar surface area (TPSA) is 69.6 Å². The van der Waals surface area contributed by atoms with E-state index in [1.165, 1.54) is 36.4 Å². The number of nitrogens with zero attached hydrogens (tertiary/aromatic N) is 1. The van der Waals surface area contributed by atoms with Gasteiger partial charge in [-0.05, 0) is 54.2 Å². The molecule has 0 aliphatic carbocycles. The van der Waals surface area contributed by atoms with Gasteiger partial charge in [-0.3, -0.25) is 19.8 Å². The third kappa shape index (κ3) is 3.54. The predicted molar refractivity (Wildman–Crippen MR) is 106 cm³/mol. The number of anilines is 1. The molecule has 1 aliphatic heterocycles. The Morgan fingerprint density at radius 3 is 2.38 bits per heavy atom. The number of rotatable bonds is 2. The first-order valence-corrected chi connectivity index (χ1v) is 8.67. The molecule has 26 heavy (non-hydrogen) atoms. The molecular weight excluding hydrogens is 419 g/mol. The van der Waals surface area contributed by atoms with Crippen LogP contribution in [0.15, 0.2) is 42.0 Å². The number of phenolic OH excluding ortho intramolecular Hbond substituents is 1. The van der Waals surface area contributed by atoms with Gasteiger partial charge in [0, 0.05) is 0 Å². The molecule has 0 radical (unpaired) electrons. The number of halogens is 3. The van der Waals surface area contributed by atoms with E-state index in [1.54, 1.807) is 6.07 Å². The van der Waals surface area contributed by atoms with Crippen LogP contribution in [0.4, 0.5) is 5.69 Å². The lowest BCUT2D eigenvalue weighted by atomic mass is 10.1. The van der Waals surface area contributed by atoms with Gasteiger partial charge < -0.3 is 5.11 Å². The van der Waals surface area contributed by atoms with Crippen LogP contribution in [0.3, 0.4) is 0 Å². The van der Waals surface area contributed by atoms with Crippen LogP contribution >= 0.6 is 47.0 Å². The Labute approximate surface area is 168 Å². The summed E-state index contributed by atoms with van der Waals surface area (Å²) < 4.78 is 0. The van der Waals surface area contributed by atoms with Crippen molar-refractivity contribution in [2.24, 2.45) is 0 Å². The third-order valence-electron chi connectivity index (χ3n) is 3.55. The molecule has 132 valence electrons. The highest BCUT2D eigenvalue weighted by Crippen LogP contribution is 2.30. The summed E-state index contributed by atoms with van der Waals surface area (Å²) in [5.41, 5.74) is 0.684. The summed E-state index contributed by atoms with van der Waals surface area (Å²) in [6, 6.07) is 8.87. The molecule has 1 fully saturated rings. The molecule has 2 aromatic carbocycles. The van der Waals surface area contributed by atoms with Gasteiger partial charge in [0.05, 0.1) is 20.8 Å². The Hall–Kier alpha value is -2.12. The van der Waals surface area contributed by atoms with Crippen LogP contribution in [0, 0.1) is 0 Å². The molecule has 2 aromatic rings. The van der Waals surface area contributed by atoms with Gasteiger partial charge in [0.15, 0.2) is 5.11 Å². The van der Waals surface area contributed by atoms with Crippen molar-refractivity contribution in [3.05, 3.63) is 62.6 Å². The average molecular weight is 428 g/mol. The van der Waals surface area contributed by atoms with E-state index < -0.39 is 11.8 Å². The molecule has 5 nitrogen and oxygen atoms in total. The van der Waals surface area contributed by atoms with E-state index in [0.717, 1.165) is 4.90 Å². The van der Waals surface area contributed by atoms with Crippen molar-refractivity contribution in [1.82, 2.24) is 5.32 Å². The fraction of sp³-hybridized carbons (Fsp3) is 0. The summed E-state index contributed by atoms with van der Waals surface area (Å²) in [6.07, 6.45) is 1.36. The highest BCUT2D eigenvalue weighted by molar-refractivity contribution is 7.80. The minimum absolute atomic E-state index is 0.0701. The number of hydrogen-bond donors (Lipinski definition) is 2. The zero-order valence-electron chi connectivity index (χ0n) is 12.8. The van der Waals surface area contributed by atoms with E-state index in [2.05, 4.69) is 5.32 Å². The first-order chi connectivity index (χ1) is 12.3. The number of amides is 2. The number of hydrogen-bond acceptors (Lipinski definition) is 4. The fourth-order valence-electron chi connectivity index (χ4n) is 2.30. The largest absolute Gasteiger partial charge is 0.506 e. The third-order valence-corrected chi connectivity index (χ3v) is 4.87. The Kier molecular flexibility index (Phi) is 5.20. The molecule has 9 heteroatoms. The van der Waals surface area contributed by atoms with Gasteiger partial charge in [0.1, 0.15) is 11.3 Å². The van der Waals surface area contributed by atoms with Crippen molar-refractivity contribution < 1.29 is 14.7 Å². The van der Waals surface area contributed by atoms with Crippen LogP contribution < -0.4 is 10.2 Å². The van der Waals surface area contributed by atoms with Gasteiger partial charge in [-0.1, -0.05) is 40.9 Å². The fourth-order valence-corrected chi connectivity index (χ4v) is 3.06. The molecule has 3 rings (SSSR count). The second-order valence-electron chi connectivity index (χ2n) is 5.27. The molecule has 0 bridgehead atoms. The first kappa shape index (κ1) is 18.7. The predicted octanol–water partition coefficient (Wildman–Crippen LogP) is 4.18. The summed E-state index contributed by atoms with van der Waals surface area (Å²) in [5.74, 6) is -1.37. The molecule has 2 N–H and O–H groups in total. The summed E-state index contributed by atoms with van der Waals surface area (Å²) in [6.45, 7) is 0. The van der Waals surface area contributed by atoms with E-state index in [0.29, 0.717) is 16.3 Å². The maximum Gasteiger partial charge on any atom is 0.270 e. The molecule has 1 saturated heterocycles. The quantitative estimate of drug-likeness (QED) is 0.428. The van der Waals surface area contributed by atoms with Gasteiger partial charge in [-0.15, -0.1) is 0 Å². The van der Waals surface area contributed by atoms with E-state index in [-0.39, 0.29) is 26.5 Å². The van der Waals surface area contributed by atoms with Gasteiger partial charge in [-0.2, -0.15) is 0 Å². The molecule has 2 amide bonds. The van der Waals surface area contributed by atoms with Crippen LogP contribution in [-0.2, 0) is 9.59 Å². The monoisotopic (exact) mass is 426 g/mol. The zero-order valence-corrected chi connectivity index (χ0v) is 15.9. The Morgan fingerprint density at radius 2 is 1.73 bits per heavy atom. The molecule has 0 spiro atoms. The van der Waals surface area contributed by atoms with Crippen LogP contribution in [0.25, 0.3) is 6.08 Å². The lowest BCUT2D eigenvalue weighted by Crippen LogP contribution is -2.54. The Balaban J connectivity index is 2.03. The summed E-state index contributed by atoms with van der Waals surface area (Å²) in [4.78, 5) is 26.2. The van der Waals surface area contributed by atoms with Gasteiger partial charge in [-0.25, -0.2) is 0 Å². The highest BCUT2D eigenvalue weighted by Gasteiger charge is 2.34. The SMILES string of the molecule is O=C1NC(=S)N(c2ccc(Cl)c(Cl)c2)C(=O)/C1=C/c1ccc(O)c(Cl)c1. The summed E-state index contributed by atoms with van der Waals surface area (Å²) in [7, 11) is 0. The molecule has 0 aromatic heterocycles. The number of carbonyl (C=O) groups excluding carboxylic acids is 2. The Bertz CT molecular complexity index is 991. The smallest absolute Gasteiger partial charge is 0.270 e. The zero-order chi connectivity index (χ0) is 19.0. The van der Waals surface area contributed by atoms with Crippen LogP contribution in [0.1, 0.15) is 5.56 Å². The molecule has 1 aliphatic rings. The van der Waals surface area contributed by atoms with Crippen LogP contribution in [-0.4, -0.2) is 22.0 Å². The first-order valence-electron chi connectivity index (χ1n) is 7.13. The van der Waals surface area contributed by atoms with Crippen LogP contribution in [0.5, 0.6) is 5.75 Å². The van der Waals surface area contributed by atoms with E-state index in [9.17, 15) is 14.7 Å². The maximum absolute atomic E-state index is 12.9. The second-order valence-corrected chi connectivity index (χ2v) is 6.88. The number of benzene rings is 2. The molecule has 1 heterocycles. The van der Waals surface area contributed by atoms with E-state index in [4.69, 9.17) is 47.0 Å². The lowest BCUT2D eigenvalue weighted by molar-refractivity contribution is -0.122. The number of phenols is 1. The number of carbonyl (C=O) groups is 2. The minimum Gasteiger partial charge on any atom is -0.506 e. The standard InChI is InChI=1S/C17H9Cl3N2O3S/c18-11-3-2-9(7-12(11)19)22-16(25)10(15(24)21-17(22)26)5-8-1-4-14(23)13(20)6-8/h1-7,23H,(H,21,24,26)/b10-5+. The molecular formula is C17H9Cl3N2O3S. The van der Waals surface area contributed by atoms with E-state index >= 15 is 0 Å². The highest BCUT2D eigenvalue weighted by atomic mass is 35.5. The average Bonchev–Trinajstić information content (AvgIpc) is 2.57. The minimum atomic E-state index is -0.638. The van der Waals surface area contributed by atoms with Crippen molar-refractivity contribution in [2.45, 2.75) is 0 Å².